The van der Waals surface area contributed by atoms with Crippen LogP contribution in [0.4, 0.5) is 14.5 Å². The minimum absolute atomic E-state index is 0.0948. The van der Waals surface area contributed by atoms with Crippen molar-refractivity contribution in [2.75, 3.05) is 11.9 Å². The van der Waals surface area contributed by atoms with Crippen LogP contribution in [0.1, 0.15) is 6.92 Å². The predicted molar refractivity (Wildman–Crippen MR) is 66.3 cm³/mol. The molecule has 0 saturated heterocycles. The minimum atomic E-state index is -2.97. The zero-order valence-electron chi connectivity index (χ0n) is 10.6. The van der Waals surface area contributed by atoms with Crippen molar-refractivity contribution >= 4 is 17.6 Å². The molecule has 3 N–H and O–H groups in total. The number of carbonyl (C=O) groups excluding carboxylic acids is 2. The molecule has 1 aromatic rings. The first kappa shape index (κ1) is 15.8. The fourth-order valence-corrected chi connectivity index (χ4v) is 1.31. The molecule has 0 aliphatic rings. The van der Waals surface area contributed by atoms with Gasteiger partial charge in [-0.2, -0.15) is 8.78 Å². The van der Waals surface area contributed by atoms with Crippen molar-refractivity contribution in [3.05, 3.63) is 24.3 Å². The van der Waals surface area contributed by atoms with Crippen LogP contribution in [0.2, 0.25) is 0 Å². The van der Waals surface area contributed by atoms with Crippen LogP contribution in [0.3, 0.4) is 0 Å². The summed E-state index contributed by atoms with van der Waals surface area (Å²) in [5.74, 6) is -1.80. The van der Waals surface area contributed by atoms with E-state index in [0.29, 0.717) is 0 Å². The van der Waals surface area contributed by atoms with E-state index in [0.717, 1.165) is 0 Å². The Morgan fingerprint density at radius 2 is 2.10 bits per heavy atom. The monoisotopic (exact) mass is 288 g/mol. The average Bonchev–Trinajstić information content (AvgIpc) is 2.37. The van der Waals surface area contributed by atoms with Crippen molar-refractivity contribution in [2.24, 2.45) is 5.73 Å². The normalized spacial score (nSPS) is 11.8. The van der Waals surface area contributed by atoms with Crippen molar-refractivity contribution in [3.63, 3.8) is 0 Å². The van der Waals surface area contributed by atoms with Gasteiger partial charge in [-0.05, 0) is 19.1 Å². The van der Waals surface area contributed by atoms with Gasteiger partial charge in [-0.1, -0.05) is 6.07 Å². The molecular weight excluding hydrogens is 274 g/mol. The molecule has 1 unspecified atom stereocenters. The number of nitrogens with two attached hydrogens (primary N) is 1. The molecule has 0 spiro atoms. The topological polar surface area (TPSA) is 90.7 Å². The number of anilines is 1. The van der Waals surface area contributed by atoms with Gasteiger partial charge in [-0.25, -0.2) is 4.79 Å². The number of benzene rings is 1. The molecule has 6 nitrogen and oxygen atoms in total. The van der Waals surface area contributed by atoms with Crippen molar-refractivity contribution in [2.45, 2.75) is 19.6 Å². The Morgan fingerprint density at radius 3 is 2.70 bits per heavy atom. The van der Waals surface area contributed by atoms with Gasteiger partial charge < -0.3 is 20.5 Å². The Kier molecular flexibility index (Phi) is 5.85. The Hall–Kier alpha value is -2.22. The lowest BCUT2D eigenvalue weighted by Crippen LogP contribution is -2.43. The largest absolute Gasteiger partial charge is 0.464 e. The number of amides is 1. The highest BCUT2D eigenvalue weighted by Gasteiger charge is 2.23. The van der Waals surface area contributed by atoms with Crippen molar-refractivity contribution in [3.8, 4) is 5.75 Å². The fourth-order valence-electron chi connectivity index (χ4n) is 1.31. The molecule has 20 heavy (non-hydrogen) atoms. The molecule has 0 aliphatic heterocycles. The Morgan fingerprint density at radius 1 is 1.40 bits per heavy atom. The van der Waals surface area contributed by atoms with E-state index in [1.807, 2.05) is 0 Å². The molecule has 8 heteroatoms. The highest BCUT2D eigenvalue weighted by Crippen LogP contribution is 2.19. The van der Waals surface area contributed by atoms with E-state index in [4.69, 9.17) is 5.73 Å². The maximum atomic E-state index is 12.0. The summed E-state index contributed by atoms with van der Waals surface area (Å²) in [6.45, 7) is -1.30. The first-order chi connectivity index (χ1) is 9.43. The summed E-state index contributed by atoms with van der Waals surface area (Å²) in [6, 6.07) is 3.83. The van der Waals surface area contributed by atoms with Crippen LogP contribution >= 0.6 is 0 Å². The summed E-state index contributed by atoms with van der Waals surface area (Å²) in [5.41, 5.74) is 5.55. The number of halogens is 2. The Bertz CT molecular complexity index is 482. The number of alkyl halides is 2. The van der Waals surface area contributed by atoms with Crippen LogP contribution in [0, 0.1) is 0 Å². The van der Waals surface area contributed by atoms with Gasteiger partial charge in [0.15, 0.2) is 6.04 Å². The van der Waals surface area contributed by atoms with Crippen LogP contribution in [0.15, 0.2) is 24.3 Å². The molecule has 1 atom stereocenters. The second-order valence-electron chi connectivity index (χ2n) is 3.63. The van der Waals surface area contributed by atoms with E-state index in [2.05, 4.69) is 14.8 Å². The zero-order chi connectivity index (χ0) is 15.1. The second kappa shape index (κ2) is 7.39. The molecule has 0 saturated carbocycles. The van der Waals surface area contributed by atoms with Crippen molar-refractivity contribution in [1.82, 2.24) is 0 Å². The van der Waals surface area contributed by atoms with Crippen molar-refractivity contribution < 1.29 is 27.8 Å². The maximum Gasteiger partial charge on any atom is 0.387 e. The highest BCUT2D eigenvalue weighted by molar-refractivity contribution is 6.08. The molecule has 0 radical (unpaired) electrons. The second-order valence-corrected chi connectivity index (χ2v) is 3.63. The fraction of sp³-hybridized carbons (Fsp3) is 0.333. The van der Waals surface area contributed by atoms with E-state index in [9.17, 15) is 18.4 Å². The summed E-state index contributed by atoms with van der Waals surface area (Å²) >= 11 is 0. The third kappa shape index (κ3) is 4.81. The van der Waals surface area contributed by atoms with E-state index in [1.54, 1.807) is 6.92 Å². The molecule has 1 aromatic carbocycles. The summed E-state index contributed by atoms with van der Waals surface area (Å²) < 4.78 is 32.9. The van der Waals surface area contributed by atoms with E-state index >= 15 is 0 Å². The first-order valence-corrected chi connectivity index (χ1v) is 5.72. The smallest absolute Gasteiger partial charge is 0.387 e. The quantitative estimate of drug-likeness (QED) is 0.604. The number of carbonyl (C=O) groups is 2. The number of esters is 1. The van der Waals surface area contributed by atoms with Crippen LogP contribution in [-0.4, -0.2) is 31.1 Å². The molecule has 1 rings (SSSR count). The highest BCUT2D eigenvalue weighted by atomic mass is 19.3. The molecule has 0 heterocycles. The zero-order valence-corrected chi connectivity index (χ0v) is 10.6. The number of rotatable bonds is 6. The molecule has 0 aromatic heterocycles. The number of hydrogen-bond donors (Lipinski definition) is 2. The van der Waals surface area contributed by atoms with Gasteiger partial charge in [0.25, 0.3) is 5.91 Å². The maximum absolute atomic E-state index is 12.0. The van der Waals surface area contributed by atoms with Crippen LogP contribution < -0.4 is 15.8 Å². The molecule has 0 aliphatic carbocycles. The number of nitrogens with one attached hydrogen (secondary N) is 1. The molecular formula is C12H14F2N2O4. The predicted octanol–water partition coefficient (Wildman–Crippen LogP) is 1.12. The van der Waals surface area contributed by atoms with Gasteiger partial charge in [0.2, 0.25) is 0 Å². The first-order valence-electron chi connectivity index (χ1n) is 5.72. The number of ether oxygens (including phenoxy) is 2. The van der Waals surface area contributed by atoms with Gasteiger partial charge >= 0.3 is 12.6 Å². The number of hydrogen-bond acceptors (Lipinski definition) is 5. The van der Waals surface area contributed by atoms with Gasteiger partial charge in [-0.3, -0.25) is 4.79 Å². The van der Waals surface area contributed by atoms with E-state index < -0.39 is 24.5 Å². The molecule has 0 fully saturated rings. The van der Waals surface area contributed by atoms with E-state index in [-0.39, 0.29) is 18.0 Å². The molecule has 1 amide bonds. The standard InChI is InChI=1S/C12H14F2N2O4/c1-2-19-11(18)9(15)10(17)16-7-4-3-5-8(6-7)20-12(13)14/h3-6,9,12H,2,15H2,1H3,(H,16,17). The SMILES string of the molecule is CCOC(=O)C(N)C(=O)Nc1cccc(OC(F)F)c1. The van der Waals surface area contributed by atoms with Crippen molar-refractivity contribution in [1.29, 1.82) is 0 Å². The summed E-state index contributed by atoms with van der Waals surface area (Å²) in [7, 11) is 0. The Balaban J connectivity index is 2.68. The van der Waals surface area contributed by atoms with Gasteiger partial charge in [0.05, 0.1) is 6.61 Å². The Labute approximate surface area is 113 Å². The lowest BCUT2D eigenvalue weighted by Gasteiger charge is -2.12. The molecule has 110 valence electrons. The average molecular weight is 288 g/mol. The molecule has 0 bridgehead atoms. The summed E-state index contributed by atoms with van der Waals surface area (Å²) in [6.07, 6.45) is 0. The van der Waals surface area contributed by atoms with Crippen LogP contribution in [0.5, 0.6) is 5.75 Å². The minimum Gasteiger partial charge on any atom is -0.464 e. The van der Waals surface area contributed by atoms with E-state index in [1.165, 1.54) is 24.3 Å². The van der Waals surface area contributed by atoms with Gasteiger partial charge in [0.1, 0.15) is 5.75 Å². The van der Waals surface area contributed by atoms with Crippen LogP contribution in [-0.2, 0) is 14.3 Å². The third-order valence-corrected chi connectivity index (χ3v) is 2.15. The lowest BCUT2D eigenvalue weighted by atomic mass is 10.2. The summed E-state index contributed by atoms with van der Waals surface area (Å²) in [4.78, 5) is 22.9. The van der Waals surface area contributed by atoms with Gasteiger partial charge in [-0.15, -0.1) is 0 Å². The van der Waals surface area contributed by atoms with Gasteiger partial charge in [0, 0.05) is 11.8 Å². The summed E-state index contributed by atoms with van der Waals surface area (Å²) in [5, 5.41) is 2.30. The lowest BCUT2D eigenvalue weighted by molar-refractivity contribution is -0.146. The third-order valence-electron chi connectivity index (χ3n) is 2.15. The van der Waals surface area contributed by atoms with Crippen LogP contribution in [0.25, 0.3) is 0 Å².